The van der Waals surface area contributed by atoms with Crippen molar-refractivity contribution in [2.45, 2.75) is 50.5 Å². The molecule has 4 aromatic rings. The molecule has 2 aliphatic rings. The lowest BCUT2D eigenvalue weighted by Crippen LogP contribution is -2.38. The predicted molar refractivity (Wildman–Crippen MR) is 137 cm³/mol. The number of amides is 1. The lowest BCUT2D eigenvalue weighted by atomic mass is 9.91. The Labute approximate surface area is 208 Å². The summed E-state index contributed by atoms with van der Waals surface area (Å²) in [6.45, 7) is 1.49. The summed E-state index contributed by atoms with van der Waals surface area (Å²) in [6.07, 6.45) is 8.79. The first kappa shape index (κ1) is 22.5. The largest absolute Gasteiger partial charge is 0.417 e. The molecule has 184 valence electrons. The van der Waals surface area contributed by atoms with Crippen molar-refractivity contribution >= 4 is 23.0 Å². The standard InChI is InChI=1S/C28H29N5O3/c34-26(8-6-18-5-7-24-25(13-18)36-28(35)32-24)33-11-9-19(10-12-33)22-16-29-27(30-17-22)31-23-14-20-3-1-2-4-21(20)15-23/h1-5,7,13,16-17,19,23H,6,8-12,14-15H2,(H,32,35)(H,29,30,31). The van der Waals surface area contributed by atoms with E-state index in [0.717, 1.165) is 49.9 Å². The van der Waals surface area contributed by atoms with Gasteiger partial charge in [0.1, 0.15) is 0 Å². The molecule has 0 spiro atoms. The van der Waals surface area contributed by atoms with E-state index < -0.39 is 5.76 Å². The van der Waals surface area contributed by atoms with Crippen LogP contribution >= 0.6 is 0 Å². The molecule has 1 fully saturated rings. The van der Waals surface area contributed by atoms with Crippen LogP contribution in [0.5, 0.6) is 0 Å². The van der Waals surface area contributed by atoms with Crippen LogP contribution in [-0.4, -0.2) is 44.9 Å². The summed E-state index contributed by atoms with van der Waals surface area (Å²) < 4.78 is 5.12. The summed E-state index contributed by atoms with van der Waals surface area (Å²) in [5.74, 6) is 0.758. The number of hydrogen-bond donors (Lipinski definition) is 2. The number of rotatable bonds is 6. The number of oxazole rings is 1. The zero-order valence-electron chi connectivity index (χ0n) is 20.1. The van der Waals surface area contributed by atoms with Crippen LogP contribution in [0.15, 0.2) is 64.1 Å². The van der Waals surface area contributed by atoms with Gasteiger partial charge in [0.15, 0.2) is 5.58 Å². The third-order valence-corrected chi connectivity index (χ3v) is 7.49. The number of anilines is 1. The van der Waals surface area contributed by atoms with Gasteiger partial charge in [-0.1, -0.05) is 30.3 Å². The first-order valence-electron chi connectivity index (χ1n) is 12.7. The molecule has 8 nitrogen and oxygen atoms in total. The van der Waals surface area contributed by atoms with Gasteiger partial charge in [-0.05, 0) is 72.4 Å². The summed E-state index contributed by atoms with van der Waals surface area (Å²) in [7, 11) is 0. The fourth-order valence-corrected chi connectivity index (χ4v) is 5.48. The number of aromatic nitrogens is 3. The summed E-state index contributed by atoms with van der Waals surface area (Å²) in [6, 6.07) is 14.5. The minimum absolute atomic E-state index is 0.164. The van der Waals surface area contributed by atoms with Gasteiger partial charge in [0.05, 0.1) is 5.52 Å². The second kappa shape index (κ2) is 9.60. The first-order chi connectivity index (χ1) is 17.6. The van der Waals surface area contributed by atoms with E-state index in [-0.39, 0.29) is 5.91 Å². The number of aryl methyl sites for hydroxylation is 1. The Morgan fingerprint density at radius 3 is 2.50 bits per heavy atom. The Kier molecular flexibility index (Phi) is 6.01. The molecule has 36 heavy (non-hydrogen) atoms. The minimum atomic E-state index is -0.461. The zero-order chi connectivity index (χ0) is 24.5. The molecule has 0 unspecified atom stereocenters. The van der Waals surface area contributed by atoms with Crippen LogP contribution in [0.4, 0.5) is 5.95 Å². The van der Waals surface area contributed by atoms with Crippen LogP contribution in [-0.2, 0) is 24.1 Å². The van der Waals surface area contributed by atoms with Crippen molar-refractivity contribution in [3.05, 3.63) is 87.7 Å². The molecule has 0 radical (unpaired) electrons. The van der Waals surface area contributed by atoms with E-state index in [1.165, 1.54) is 11.1 Å². The second-order valence-electron chi connectivity index (χ2n) is 9.86. The van der Waals surface area contributed by atoms with Gasteiger partial charge >= 0.3 is 5.76 Å². The smallest absolute Gasteiger partial charge is 0.408 e. The number of piperidine rings is 1. The Morgan fingerprint density at radius 1 is 1.06 bits per heavy atom. The SMILES string of the molecule is O=C(CCc1ccc2[nH]c(=O)oc2c1)N1CCC(c2cnc(NC3Cc4ccccc4C3)nc2)CC1. The molecule has 6 rings (SSSR count). The Hall–Kier alpha value is -3.94. The van der Waals surface area contributed by atoms with Crippen molar-refractivity contribution < 1.29 is 9.21 Å². The van der Waals surface area contributed by atoms with Gasteiger partial charge in [0, 0.05) is 37.9 Å². The van der Waals surface area contributed by atoms with Crippen LogP contribution in [0.2, 0.25) is 0 Å². The number of hydrogen-bond acceptors (Lipinski definition) is 6. The van der Waals surface area contributed by atoms with Gasteiger partial charge in [0.25, 0.3) is 0 Å². The van der Waals surface area contributed by atoms with Crippen LogP contribution in [0.25, 0.3) is 11.1 Å². The van der Waals surface area contributed by atoms with Gasteiger partial charge < -0.3 is 14.6 Å². The number of H-pyrrole nitrogens is 1. The van der Waals surface area contributed by atoms with Crippen LogP contribution in [0, 0.1) is 0 Å². The quantitative estimate of drug-likeness (QED) is 0.432. The lowest BCUT2D eigenvalue weighted by Gasteiger charge is -2.32. The average Bonchev–Trinajstić information content (AvgIpc) is 3.49. The highest BCUT2D eigenvalue weighted by atomic mass is 16.4. The Morgan fingerprint density at radius 2 is 1.78 bits per heavy atom. The monoisotopic (exact) mass is 483 g/mol. The maximum Gasteiger partial charge on any atom is 0.417 e. The van der Waals surface area contributed by atoms with E-state index >= 15 is 0 Å². The summed E-state index contributed by atoms with van der Waals surface area (Å²) in [5.41, 5.74) is 6.15. The van der Waals surface area contributed by atoms with Gasteiger partial charge in [-0.15, -0.1) is 0 Å². The van der Waals surface area contributed by atoms with E-state index in [2.05, 4.69) is 44.5 Å². The topological polar surface area (TPSA) is 104 Å². The molecule has 3 heterocycles. The molecular formula is C28H29N5O3. The molecule has 2 aromatic heterocycles. The molecule has 1 saturated heterocycles. The van der Waals surface area contributed by atoms with Crippen molar-refractivity contribution in [1.29, 1.82) is 0 Å². The molecule has 1 aliphatic heterocycles. The zero-order valence-corrected chi connectivity index (χ0v) is 20.1. The van der Waals surface area contributed by atoms with Crippen LogP contribution in [0.1, 0.15) is 47.4 Å². The molecule has 0 saturated carbocycles. The Balaban J connectivity index is 0.980. The van der Waals surface area contributed by atoms with Crippen LogP contribution in [0.3, 0.4) is 0 Å². The number of carbonyl (C=O) groups excluding carboxylic acids is 1. The first-order valence-corrected chi connectivity index (χ1v) is 12.7. The molecule has 8 heteroatoms. The average molecular weight is 484 g/mol. The van der Waals surface area contributed by atoms with E-state index in [0.29, 0.717) is 41.8 Å². The molecule has 1 aliphatic carbocycles. The second-order valence-corrected chi connectivity index (χ2v) is 9.86. The van der Waals surface area contributed by atoms with Gasteiger partial charge in [-0.25, -0.2) is 14.8 Å². The number of carbonyl (C=O) groups is 1. The molecule has 0 bridgehead atoms. The highest BCUT2D eigenvalue weighted by Crippen LogP contribution is 2.28. The number of likely N-dealkylation sites (tertiary alicyclic amines) is 1. The number of nitrogens with zero attached hydrogens (tertiary/aromatic N) is 3. The van der Waals surface area contributed by atoms with Crippen molar-refractivity contribution in [3.63, 3.8) is 0 Å². The van der Waals surface area contributed by atoms with Gasteiger partial charge in [0.2, 0.25) is 11.9 Å². The number of fused-ring (bicyclic) bond motifs is 2. The number of benzene rings is 2. The lowest BCUT2D eigenvalue weighted by molar-refractivity contribution is -0.132. The van der Waals surface area contributed by atoms with Crippen LogP contribution < -0.4 is 11.1 Å². The normalized spacial score (nSPS) is 16.4. The molecule has 2 aromatic carbocycles. The highest BCUT2D eigenvalue weighted by molar-refractivity contribution is 5.77. The number of nitrogens with one attached hydrogen (secondary N) is 2. The third-order valence-electron chi connectivity index (χ3n) is 7.49. The van der Waals surface area contributed by atoms with Crippen molar-refractivity contribution in [3.8, 4) is 0 Å². The fourth-order valence-electron chi connectivity index (χ4n) is 5.48. The van der Waals surface area contributed by atoms with Gasteiger partial charge in [-0.3, -0.25) is 9.78 Å². The van der Waals surface area contributed by atoms with E-state index in [1.54, 1.807) is 0 Å². The van der Waals surface area contributed by atoms with Crippen molar-refractivity contribution in [2.75, 3.05) is 18.4 Å². The summed E-state index contributed by atoms with van der Waals surface area (Å²) in [5, 5.41) is 3.48. The predicted octanol–water partition coefficient (Wildman–Crippen LogP) is 3.83. The third kappa shape index (κ3) is 4.76. The van der Waals surface area contributed by atoms with Crippen molar-refractivity contribution in [2.24, 2.45) is 0 Å². The summed E-state index contributed by atoms with van der Waals surface area (Å²) in [4.78, 5) is 37.9. The van der Waals surface area contributed by atoms with E-state index in [1.807, 2.05) is 35.5 Å². The maximum absolute atomic E-state index is 12.8. The minimum Gasteiger partial charge on any atom is -0.408 e. The van der Waals surface area contributed by atoms with E-state index in [4.69, 9.17) is 4.42 Å². The maximum atomic E-state index is 12.8. The molecule has 1 amide bonds. The van der Waals surface area contributed by atoms with Crippen molar-refractivity contribution in [1.82, 2.24) is 19.9 Å². The molecule has 2 N–H and O–H groups in total. The summed E-state index contributed by atoms with van der Waals surface area (Å²) >= 11 is 0. The number of aromatic amines is 1. The molecule has 0 atom stereocenters. The molecular weight excluding hydrogens is 454 g/mol. The Bertz CT molecular complexity index is 1410. The highest BCUT2D eigenvalue weighted by Gasteiger charge is 2.25. The fraction of sp³-hybridized carbons (Fsp3) is 0.357. The van der Waals surface area contributed by atoms with E-state index in [9.17, 15) is 9.59 Å². The van der Waals surface area contributed by atoms with Gasteiger partial charge in [-0.2, -0.15) is 0 Å².